The van der Waals surface area contributed by atoms with Crippen LogP contribution in [-0.4, -0.2) is 20.0 Å². The van der Waals surface area contributed by atoms with Crippen molar-refractivity contribution in [3.63, 3.8) is 0 Å². The normalized spacial score (nSPS) is 10.2. The van der Waals surface area contributed by atoms with E-state index in [-0.39, 0.29) is 5.84 Å². The molecule has 2 aromatic carbocycles. The van der Waals surface area contributed by atoms with Gasteiger partial charge in [-0.1, -0.05) is 18.2 Å². The van der Waals surface area contributed by atoms with Gasteiger partial charge in [-0.3, -0.25) is 5.41 Å². The highest BCUT2D eigenvalue weighted by molar-refractivity contribution is 5.95. The van der Waals surface area contributed by atoms with Gasteiger partial charge in [-0.2, -0.15) is 0 Å². The highest BCUT2D eigenvalue weighted by Gasteiger charge is 2.07. The number of benzene rings is 2. The van der Waals surface area contributed by atoms with Crippen LogP contribution in [0.15, 0.2) is 42.5 Å². The molecule has 0 aliphatic rings. The van der Waals surface area contributed by atoms with Crippen molar-refractivity contribution in [2.75, 3.05) is 19.1 Å². The van der Waals surface area contributed by atoms with Crippen LogP contribution in [0.25, 0.3) is 0 Å². The Morgan fingerprint density at radius 3 is 2.62 bits per heavy atom. The highest BCUT2D eigenvalue weighted by atomic mass is 16.5. The van der Waals surface area contributed by atoms with Gasteiger partial charge in [-0.05, 0) is 36.2 Å². The van der Waals surface area contributed by atoms with E-state index in [0.717, 1.165) is 29.1 Å². The quantitative estimate of drug-likeness (QED) is 0.655. The van der Waals surface area contributed by atoms with Crippen LogP contribution >= 0.6 is 0 Å². The second-order valence-corrected chi connectivity index (χ2v) is 5.11. The van der Waals surface area contributed by atoms with Crippen molar-refractivity contribution in [3.05, 3.63) is 59.2 Å². The molecule has 4 heteroatoms. The summed E-state index contributed by atoms with van der Waals surface area (Å²) >= 11 is 0. The summed E-state index contributed by atoms with van der Waals surface area (Å²) in [5, 5.41) is 7.48. The summed E-state index contributed by atoms with van der Waals surface area (Å²) in [6.07, 6.45) is 0. The minimum absolute atomic E-state index is 0.103. The fourth-order valence-electron chi connectivity index (χ4n) is 2.24. The molecule has 0 aliphatic heterocycles. The topological polar surface area (TPSA) is 62.3 Å². The first-order valence-electron chi connectivity index (χ1n) is 6.80. The third kappa shape index (κ3) is 3.54. The van der Waals surface area contributed by atoms with E-state index >= 15 is 0 Å². The van der Waals surface area contributed by atoms with Crippen LogP contribution in [0, 0.1) is 12.3 Å². The number of hydrogen-bond acceptors (Lipinski definition) is 3. The average molecular weight is 283 g/mol. The zero-order valence-corrected chi connectivity index (χ0v) is 12.7. The summed E-state index contributed by atoms with van der Waals surface area (Å²) in [6.45, 7) is 2.83. The van der Waals surface area contributed by atoms with Crippen LogP contribution in [0.2, 0.25) is 0 Å². The summed E-state index contributed by atoms with van der Waals surface area (Å²) in [5.74, 6) is 0.953. The molecule has 0 unspecified atom stereocenters. The Bertz CT molecular complexity index is 652. The lowest BCUT2D eigenvalue weighted by molar-refractivity contribution is 0.415. The second-order valence-electron chi connectivity index (χ2n) is 5.11. The number of methoxy groups -OCH3 is 1. The number of anilines is 1. The van der Waals surface area contributed by atoms with Gasteiger partial charge in [0.25, 0.3) is 0 Å². The molecule has 0 spiro atoms. The Morgan fingerprint density at radius 2 is 2.00 bits per heavy atom. The number of hydrogen-bond donors (Lipinski definition) is 2. The molecule has 0 radical (unpaired) electrons. The fourth-order valence-corrected chi connectivity index (χ4v) is 2.24. The van der Waals surface area contributed by atoms with Crippen LogP contribution in [0.5, 0.6) is 5.75 Å². The zero-order valence-electron chi connectivity index (χ0n) is 12.7. The highest BCUT2D eigenvalue weighted by Crippen LogP contribution is 2.22. The van der Waals surface area contributed by atoms with Crippen LogP contribution in [0.4, 0.5) is 5.69 Å². The Kier molecular flexibility index (Phi) is 4.48. The lowest BCUT2D eigenvalue weighted by Gasteiger charge is -2.21. The molecule has 0 aromatic heterocycles. The van der Waals surface area contributed by atoms with Crippen molar-refractivity contribution in [2.24, 2.45) is 5.73 Å². The second kappa shape index (κ2) is 6.31. The maximum Gasteiger partial charge on any atom is 0.122 e. The van der Waals surface area contributed by atoms with Gasteiger partial charge in [-0.15, -0.1) is 0 Å². The standard InChI is InChI=1S/C17H21N3O/c1-12-9-13(17(18)19)7-8-14(12)11-20(2)15-5-4-6-16(10-15)21-3/h4-10H,11H2,1-3H3,(H3,18,19). The molecule has 0 bridgehead atoms. The lowest BCUT2D eigenvalue weighted by Crippen LogP contribution is -2.18. The van der Waals surface area contributed by atoms with Crippen LogP contribution < -0.4 is 15.4 Å². The fraction of sp³-hybridized carbons (Fsp3) is 0.235. The van der Waals surface area contributed by atoms with Gasteiger partial charge in [0.1, 0.15) is 11.6 Å². The number of nitrogens with two attached hydrogens (primary N) is 1. The minimum Gasteiger partial charge on any atom is -0.497 e. The molecular weight excluding hydrogens is 262 g/mol. The van der Waals surface area contributed by atoms with Gasteiger partial charge < -0.3 is 15.4 Å². The SMILES string of the molecule is COc1cccc(N(C)Cc2ccc(C(=N)N)cc2C)c1. The molecule has 0 amide bonds. The van der Waals surface area contributed by atoms with Crippen molar-refractivity contribution < 1.29 is 4.74 Å². The molecule has 2 aromatic rings. The number of rotatable bonds is 5. The molecule has 3 N–H and O–H groups in total. The van der Waals surface area contributed by atoms with E-state index in [1.54, 1.807) is 7.11 Å². The summed E-state index contributed by atoms with van der Waals surface area (Å²) in [4.78, 5) is 2.16. The maximum absolute atomic E-state index is 7.48. The summed E-state index contributed by atoms with van der Waals surface area (Å²) < 4.78 is 5.26. The van der Waals surface area contributed by atoms with E-state index < -0.39 is 0 Å². The van der Waals surface area contributed by atoms with Gasteiger partial charge >= 0.3 is 0 Å². The number of amidine groups is 1. The monoisotopic (exact) mass is 283 g/mol. The molecule has 0 saturated carbocycles. The van der Waals surface area contributed by atoms with Crippen molar-refractivity contribution in [1.29, 1.82) is 5.41 Å². The molecule has 2 rings (SSSR count). The van der Waals surface area contributed by atoms with E-state index in [1.165, 1.54) is 5.56 Å². The lowest BCUT2D eigenvalue weighted by atomic mass is 10.0. The minimum atomic E-state index is 0.103. The number of nitrogens with zero attached hydrogens (tertiary/aromatic N) is 1. The smallest absolute Gasteiger partial charge is 0.122 e. The molecule has 0 atom stereocenters. The largest absolute Gasteiger partial charge is 0.497 e. The first kappa shape index (κ1) is 14.9. The molecule has 21 heavy (non-hydrogen) atoms. The molecule has 0 fully saturated rings. The van der Waals surface area contributed by atoms with E-state index in [4.69, 9.17) is 15.9 Å². The van der Waals surface area contributed by atoms with E-state index in [0.29, 0.717) is 0 Å². The number of ether oxygens (including phenoxy) is 1. The molecule has 4 nitrogen and oxygen atoms in total. The van der Waals surface area contributed by atoms with Crippen molar-refractivity contribution in [2.45, 2.75) is 13.5 Å². The number of nitrogens with one attached hydrogen (secondary N) is 1. The van der Waals surface area contributed by atoms with Crippen molar-refractivity contribution in [3.8, 4) is 5.75 Å². The average Bonchev–Trinajstić information content (AvgIpc) is 2.49. The number of nitrogen functional groups attached to an aromatic ring is 1. The zero-order chi connectivity index (χ0) is 15.4. The third-order valence-corrected chi connectivity index (χ3v) is 3.56. The summed E-state index contributed by atoms with van der Waals surface area (Å²) in [5.41, 5.74) is 9.73. The van der Waals surface area contributed by atoms with Gasteiger partial charge in [0.2, 0.25) is 0 Å². The van der Waals surface area contributed by atoms with Crippen LogP contribution in [0.1, 0.15) is 16.7 Å². The first-order valence-corrected chi connectivity index (χ1v) is 6.80. The molecule has 0 saturated heterocycles. The molecule has 0 aliphatic carbocycles. The van der Waals surface area contributed by atoms with Crippen molar-refractivity contribution >= 4 is 11.5 Å². The van der Waals surface area contributed by atoms with Gasteiger partial charge in [0, 0.05) is 30.9 Å². The molecule has 110 valence electrons. The Balaban J connectivity index is 2.19. The third-order valence-electron chi connectivity index (χ3n) is 3.56. The first-order chi connectivity index (χ1) is 10.0. The van der Waals surface area contributed by atoms with E-state index in [9.17, 15) is 0 Å². The summed E-state index contributed by atoms with van der Waals surface area (Å²) in [6, 6.07) is 13.9. The number of aryl methyl sites for hydroxylation is 1. The van der Waals surface area contributed by atoms with Crippen LogP contribution in [0.3, 0.4) is 0 Å². The van der Waals surface area contributed by atoms with Crippen molar-refractivity contribution in [1.82, 2.24) is 0 Å². The Labute approximate surface area is 125 Å². The van der Waals surface area contributed by atoms with E-state index in [1.807, 2.05) is 50.4 Å². The summed E-state index contributed by atoms with van der Waals surface area (Å²) in [7, 11) is 3.72. The molecule has 0 heterocycles. The Morgan fingerprint density at radius 1 is 1.24 bits per heavy atom. The maximum atomic E-state index is 7.48. The van der Waals surface area contributed by atoms with Gasteiger partial charge in [0.05, 0.1) is 7.11 Å². The van der Waals surface area contributed by atoms with E-state index in [2.05, 4.69) is 11.0 Å². The Hall–Kier alpha value is -2.49. The molecular formula is C17H21N3O. The predicted octanol–water partition coefficient (Wildman–Crippen LogP) is 2.92. The van der Waals surface area contributed by atoms with Gasteiger partial charge in [-0.25, -0.2) is 0 Å². The van der Waals surface area contributed by atoms with Gasteiger partial charge in [0.15, 0.2) is 0 Å². The van der Waals surface area contributed by atoms with Crippen LogP contribution in [-0.2, 0) is 6.54 Å². The predicted molar refractivity (Wildman–Crippen MR) is 87.3 cm³/mol.